The first-order valence-electron chi connectivity index (χ1n) is 9.95. The zero-order chi connectivity index (χ0) is 20.9. The minimum Gasteiger partial charge on any atom is -0.329 e. The van der Waals surface area contributed by atoms with Gasteiger partial charge < -0.3 is 10.6 Å². The Labute approximate surface area is 172 Å². The normalized spacial score (nSPS) is 22.9. The van der Waals surface area contributed by atoms with E-state index in [9.17, 15) is 8.78 Å². The van der Waals surface area contributed by atoms with Gasteiger partial charge in [0.05, 0.1) is 11.7 Å². The van der Waals surface area contributed by atoms with E-state index in [1.54, 1.807) is 18.2 Å². The van der Waals surface area contributed by atoms with Gasteiger partial charge in [-0.05, 0) is 61.7 Å². The third-order valence-electron chi connectivity index (χ3n) is 5.67. The maximum Gasteiger partial charge on any atom is 0.198 e. The highest BCUT2D eigenvalue weighted by Gasteiger charge is 2.40. The molecule has 154 valence electrons. The molecule has 3 aromatic rings. The lowest BCUT2D eigenvalue weighted by atomic mass is 9.92. The smallest absolute Gasteiger partial charge is 0.198 e. The average Bonchev–Trinajstić information content (AvgIpc) is 3.44. The van der Waals surface area contributed by atoms with Crippen LogP contribution in [0, 0.1) is 11.6 Å². The molecule has 0 spiro atoms. The van der Waals surface area contributed by atoms with Crippen molar-refractivity contribution < 1.29 is 8.78 Å². The van der Waals surface area contributed by atoms with Gasteiger partial charge in [0.2, 0.25) is 0 Å². The first-order valence-corrected chi connectivity index (χ1v) is 9.95. The minimum atomic E-state index is -1.18. The summed E-state index contributed by atoms with van der Waals surface area (Å²) in [5, 5.41) is 13.9. The third-order valence-corrected chi connectivity index (χ3v) is 5.67. The summed E-state index contributed by atoms with van der Waals surface area (Å²) in [4.78, 5) is 4.67. The molecule has 1 saturated carbocycles. The average molecular weight is 408 g/mol. The molecule has 6 nitrogen and oxygen atoms in total. The predicted molar refractivity (Wildman–Crippen MR) is 111 cm³/mol. The van der Waals surface area contributed by atoms with Crippen LogP contribution >= 0.6 is 0 Å². The molecule has 1 unspecified atom stereocenters. The number of hydrogen-bond acceptors (Lipinski definition) is 3. The SMILES string of the molecule is C[C@H](N=C1Nc2cc(F)ccc2C(N)(c2cc(C3CC3)[nH]n2)N1)c1ccc(F)cc1. The first kappa shape index (κ1) is 18.7. The van der Waals surface area contributed by atoms with Crippen molar-refractivity contribution in [1.82, 2.24) is 15.5 Å². The summed E-state index contributed by atoms with van der Waals surface area (Å²) in [5.74, 6) is 0.208. The number of fused-ring (bicyclic) bond motifs is 1. The number of rotatable bonds is 4. The maximum absolute atomic E-state index is 14.0. The van der Waals surface area contributed by atoms with E-state index in [0.717, 1.165) is 24.1 Å². The van der Waals surface area contributed by atoms with E-state index in [-0.39, 0.29) is 17.7 Å². The van der Waals surface area contributed by atoms with Crippen molar-refractivity contribution in [3.8, 4) is 0 Å². The fraction of sp³-hybridized carbons (Fsp3) is 0.273. The van der Waals surface area contributed by atoms with Gasteiger partial charge in [-0.1, -0.05) is 12.1 Å². The molecular formula is C22H22F2N6. The van der Waals surface area contributed by atoms with E-state index in [1.807, 2.05) is 13.0 Å². The van der Waals surface area contributed by atoms with Gasteiger partial charge in [-0.3, -0.25) is 10.8 Å². The predicted octanol–water partition coefficient (Wildman–Crippen LogP) is 3.86. The number of halogens is 2. The van der Waals surface area contributed by atoms with Crippen molar-refractivity contribution in [2.24, 2.45) is 10.7 Å². The third kappa shape index (κ3) is 3.33. The fourth-order valence-electron chi connectivity index (χ4n) is 3.79. The largest absolute Gasteiger partial charge is 0.329 e. The summed E-state index contributed by atoms with van der Waals surface area (Å²) in [5.41, 5.74) is 9.34. The van der Waals surface area contributed by atoms with E-state index in [4.69, 9.17) is 5.73 Å². The number of nitrogens with one attached hydrogen (secondary N) is 3. The number of benzene rings is 2. The lowest BCUT2D eigenvalue weighted by molar-refractivity contribution is 0.473. The van der Waals surface area contributed by atoms with Crippen LogP contribution in [0.3, 0.4) is 0 Å². The van der Waals surface area contributed by atoms with Crippen molar-refractivity contribution in [1.29, 1.82) is 0 Å². The quantitative estimate of drug-likeness (QED) is 0.528. The maximum atomic E-state index is 14.0. The van der Waals surface area contributed by atoms with Crippen LogP contribution in [0.25, 0.3) is 0 Å². The van der Waals surface area contributed by atoms with Crippen molar-refractivity contribution in [2.45, 2.75) is 37.4 Å². The standard InChI is InChI=1S/C22H22F2N6/c1-12(13-4-6-15(23)7-5-13)26-21-27-19-10-16(24)8-9-17(19)22(25,28-21)20-11-18(29-30-20)14-2-3-14/h4-12,14H,2-3,25H2,1H3,(H,29,30)(H2,26,27,28)/t12-,22?/m0/s1. The Balaban J connectivity index is 1.54. The van der Waals surface area contributed by atoms with Crippen LogP contribution < -0.4 is 16.4 Å². The van der Waals surface area contributed by atoms with E-state index < -0.39 is 5.66 Å². The van der Waals surface area contributed by atoms with E-state index in [0.29, 0.717) is 28.8 Å². The molecule has 2 atom stereocenters. The van der Waals surface area contributed by atoms with E-state index in [2.05, 4.69) is 25.8 Å². The van der Waals surface area contributed by atoms with Gasteiger partial charge in [0.25, 0.3) is 0 Å². The van der Waals surface area contributed by atoms with Crippen LogP contribution in [0.15, 0.2) is 53.5 Å². The Bertz CT molecular complexity index is 1120. The molecular weight excluding hydrogens is 386 g/mol. The van der Waals surface area contributed by atoms with Crippen LogP contribution in [0.5, 0.6) is 0 Å². The van der Waals surface area contributed by atoms with Gasteiger partial charge in [0.1, 0.15) is 17.3 Å². The lowest BCUT2D eigenvalue weighted by Gasteiger charge is -2.37. The van der Waals surface area contributed by atoms with Crippen molar-refractivity contribution in [3.63, 3.8) is 0 Å². The van der Waals surface area contributed by atoms with E-state index in [1.165, 1.54) is 24.3 Å². The molecule has 2 aromatic carbocycles. The van der Waals surface area contributed by atoms with Gasteiger partial charge in [0.15, 0.2) is 11.6 Å². The molecule has 5 N–H and O–H groups in total. The van der Waals surface area contributed by atoms with Crippen LogP contribution in [0.4, 0.5) is 14.5 Å². The fourth-order valence-corrected chi connectivity index (χ4v) is 3.79. The zero-order valence-corrected chi connectivity index (χ0v) is 16.4. The molecule has 30 heavy (non-hydrogen) atoms. The molecule has 2 aliphatic rings. The minimum absolute atomic E-state index is 0.277. The summed E-state index contributed by atoms with van der Waals surface area (Å²) in [6.45, 7) is 1.89. The van der Waals surface area contributed by atoms with Crippen LogP contribution in [-0.4, -0.2) is 16.2 Å². The summed E-state index contributed by atoms with van der Waals surface area (Å²) in [6.07, 6.45) is 2.27. The second kappa shape index (κ2) is 6.91. The number of H-pyrrole nitrogens is 1. The second-order valence-corrected chi connectivity index (χ2v) is 7.94. The summed E-state index contributed by atoms with van der Waals surface area (Å²) in [6, 6.07) is 12.3. The summed E-state index contributed by atoms with van der Waals surface area (Å²) < 4.78 is 27.2. The number of hydrogen-bond donors (Lipinski definition) is 4. The van der Waals surface area contributed by atoms with Gasteiger partial charge in [-0.2, -0.15) is 5.10 Å². The van der Waals surface area contributed by atoms with Crippen LogP contribution in [0.1, 0.15) is 54.2 Å². The highest BCUT2D eigenvalue weighted by atomic mass is 19.1. The second-order valence-electron chi connectivity index (χ2n) is 7.94. The molecule has 5 rings (SSSR count). The number of aromatic amines is 1. The molecule has 2 heterocycles. The molecule has 1 aromatic heterocycles. The van der Waals surface area contributed by atoms with Gasteiger partial charge in [-0.25, -0.2) is 13.8 Å². The van der Waals surface area contributed by atoms with Crippen LogP contribution in [0.2, 0.25) is 0 Å². The summed E-state index contributed by atoms with van der Waals surface area (Å²) >= 11 is 0. The zero-order valence-electron chi connectivity index (χ0n) is 16.4. The first-order chi connectivity index (χ1) is 14.4. The molecule has 0 bridgehead atoms. The Kier molecular flexibility index (Phi) is 4.32. The van der Waals surface area contributed by atoms with Gasteiger partial charge in [0, 0.05) is 17.2 Å². The highest BCUT2D eigenvalue weighted by molar-refractivity contribution is 5.98. The number of nitrogens with two attached hydrogens (primary N) is 1. The van der Waals surface area contributed by atoms with Gasteiger partial charge in [-0.15, -0.1) is 0 Å². The van der Waals surface area contributed by atoms with E-state index >= 15 is 0 Å². The van der Waals surface area contributed by atoms with Crippen LogP contribution in [-0.2, 0) is 5.66 Å². The molecule has 1 fully saturated rings. The molecule has 0 amide bonds. The molecule has 1 aliphatic heterocycles. The van der Waals surface area contributed by atoms with Crippen molar-refractivity contribution in [3.05, 3.63) is 82.7 Å². The number of nitrogens with zero attached hydrogens (tertiary/aromatic N) is 2. The molecule has 0 radical (unpaired) electrons. The number of guanidine groups is 1. The summed E-state index contributed by atoms with van der Waals surface area (Å²) in [7, 11) is 0. The Morgan fingerprint density at radius 2 is 1.83 bits per heavy atom. The van der Waals surface area contributed by atoms with Crippen molar-refractivity contribution >= 4 is 11.6 Å². The molecule has 1 aliphatic carbocycles. The Hall–Kier alpha value is -3.26. The monoisotopic (exact) mass is 408 g/mol. The number of anilines is 1. The topological polar surface area (TPSA) is 91.1 Å². The number of aromatic nitrogens is 2. The Morgan fingerprint density at radius 3 is 2.57 bits per heavy atom. The molecule has 0 saturated heterocycles. The number of aliphatic imine (C=N–C) groups is 1. The Morgan fingerprint density at radius 1 is 1.10 bits per heavy atom. The van der Waals surface area contributed by atoms with Gasteiger partial charge >= 0.3 is 0 Å². The molecule has 8 heteroatoms. The van der Waals surface area contributed by atoms with Crippen molar-refractivity contribution in [2.75, 3.05) is 5.32 Å². The lowest BCUT2D eigenvalue weighted by Crippen LogP contribution is -2.59. The highest BCUT2D eigenvalue weighted by Crippen LogP contribution is 2.41.